The topological polar surface area (TPSA) is 41.6 Å². The Morgan fingerprint density at radius 2 is 0.938 bits per heavy atom. The van der Waals surface area contributed by atoms with Crippen molar-refractivity contribution in [2.75, 3.05) is 33.8 Å². The first kappa shape index (κ1) is 46.2. The molecule has 0 aliphatic carbocycles. The minimum Gasteiger partial charge on any atom is -0.450 e. The molecule has 0 radical (unpaired) electrons. The molecule has 1 amide bonds. The summed E-state index contributed by atoms with van der Waals surface area (Å²) in [6.45, 7) is 6.72. The van der Waals surface area contributed by atoms with Crippen LogP contribution in [0.4, 0.5) is 4.79 Å². The van der Waals surface area contributed by atoms with Gasteiger partial charge in [0, 0.05) is 13.1 Å². The van der Waals surface area contributed by atoms with Crippen LogP contribution in [0, 0.1) is 5.92 Å². The van der Waals surface area contributed by atoms with Crippen LogP contribution in [0.3, 0.4) is 0 Å². The molecule has 0 bridgehead atoms. The van der Waals surface area contributed by atoms with Crippen molar-refractivity contribution in [2.45, 2.75) is 187 Å². The lowest BCUT2D eigenvalue weighted by Gasteiger charge is -2.18. The molecule has 0 atom stereocenters. The van der Waals surface area contributed by atoms with E-state index in [0.717, 1.165) is 32.4 Å². The van der Waals surface area contributed by atoms with Crippen LogP contribution in [0.1, 0.15) is 187 Å². The zero-order chi connectivity index (χ0) is 35.0. The highest BCUT2D eigenvalue weighted by Gasteiger charge is 2.11. The maximum Gasteiger partial charge on any atom is 0.407 e. The molecular weight excluding hydrogens is 588 g/mol. The van der Waals surface area contributed by atoms with Crippen LogP contribution in [-0.4, -0.2) is 44.8 Å². The van der Waals surface area contributed by atoms with Gasteiger partial charge in [0.1, 0.15) is 0 Å². The average molecular weight is 671 g/mol. The second kappa shape index (κ2) is 39.6. The molecule has 0 aliphatic heterocycles. The highest BCUT2D eigenvalue weighted by Crippen LogP contribution is 2.19. The predicted octanol–water partition coefficient (Wildman–Crippen LogP) is 13.7. The minimum absolute atomic E-state index is 0.243. The van der Waals surface area contributed by atoms with E-state index in [1.165, 1.54) is 154 Å². The van der Waals surface area contributed by atoms with Gasteiger partial charge in [0.25, 0.3) is 0 Å². The SMILES string of the molecule is CCCCC/C=C\C/C=C\CCCCCCCCC(CCCCCCCC/C=C\C/C=C\CCCCC)CNC(=O)OCCCN(C)C. The fourth-order valence-corrected chi connectivity index (χ4v) is 6.02. The van der Waals surface area contributed by atoms with E-state index in [9.17, 15) is 4.79 Å². The molecule has 280 valence electrons. The largest absolute Gasteiger partial charge is 0.450 e. The van der Waals surface area contributed by atoms with E-state index in [0.29, 0.717) is 12.5 Å². The smallest absolute Gasteiger partial charge is 0.407 e. The first-order chi connectivity index (χ1) is 23.6. The van der Waals surface area contributed by atoms with Gasteiger partial charge in [-0.15, -0.1) is 0 Å². The van der Waals surface area contributed by atoms with Crippen molar-refractivity contribution in [1.29, 1.82) is 0 Å². The number of nitrogens with one attached hydrogen (secondary N) is 1. The molecule has 0 unspecified atom stereocenters. The number of hydrogen-bond donors (Lipinski definition) is 1. The maximum absolute atomic E-state index is 12.3. The summed E-state index contributed by atoms with van der Waals surface area (Å²) in [5, 5.41) is 3.08. The van der Waals surface area contributed by atoms with E-state index in [4.69, 9.17) is 4.74 Å². The number of unbranched alkanes of at least 4 members (excludes halogenated alkanes) is 18. The number of carbonyl (C=O) groups excluding carboxylic acids is 1. The first-order valence-corrected chi connectivity index (χ1v) is 20.7. The fourth-order valence-electron chi connectivity index (χ4n) is 6.02. The molecule has 0 aromatic rings. The van der Waals surface area contributed by atoms with Crippen LogP contribution >= 0.6 is 0 Å². The quantitative estimate of drug-likeness (QED) is 0.0533. The Balaban J connectivity index is 4.09. The van der Waals surface area contributed by atoms with E-state index in [-0.39, 0.29) is 6.09 Å². The Hall–Kier alpha value is -1.81. The van der Waals surface area contributed by atoms with E-state index >= 15 is 0 Å². The van der Waals surface area contributed by atoms with Gasteiger partial charge in [-0.05, 0) is 103 Å². The van der Waals surface area contributed by atoms with Gasteiger partial charge in [0.15, 0.2) is 0 Å². The Morgan fingerprint density at radius 3 is 1.35 bits per heavy atom. The Bertz CT molecular complexity index is 722. The minimum atomic E-state index is -0.243. The molecule has 0 spiro atoms. The predicted molar refractivity (Wildman–Crippen MR) is 214 cm³/mol. The molecule has 0 saturated heterocycles. The van der Waals surface area contributed by atoms with Crippen molar-refractivity contribution in [3.63, 3.8) is 0 Å². The summed E-state index contributed by atoms with van der Waals surface area (Å²) >= 11 is 0. The van der Waals surface area contributed by atoms with E-state index in [1.54, 1.807) is 0 Å². The summed E-state index contributed by atoms with van der Waals surface area (Å²) in [5.41, 5.74) is 0. The maximum atomic E-state index is 12.3. The third kappa shape index (κ3) is 38.6. The third-order valence-corrected chi connectivity index (χ3v) is 9.14. The molecule has 0 saturated carbocycles. The first-order valence-electron chi connectivity index (χ1n) is 20.7. The number of allylic oxidation sites excluding steroid dienone is 8. The van der Waals surface area contributed by atoms with Crippen LogP contribution in [-0.2, 0) is 4.74 Å². The highest BCUT2D eigenvalue weighted by atomic mass is 16.5. The van der Waals surface area contributed by atoms with Crippen LogP contribution in [0.25, 0.3) is 0 Å². The van der Waals surface area contributed by atoms with Crippen molar-refractivity contribution in [1.82, 2.24) is 10.2 Å². The van der Waals surface area contributed by atoms with Gasteiger partial charge in [-0.2, -0.15) is 0 Å². The Kier molecular flexibility index (Phi) is 38.1. The van der Waals surface area contributed by atoms with Crippen molar-refractivity contribution in [3.05, 3.63) is 48.6 Å². The Labute approximate surface area is 300 Å². The van der Waals surface area contributed by atoms with Crippen LogP contribution < -0.4 is 5.32 Å². The second-order valence-electron chi connectivity index (χ2n) is 14.3. The average Bonchev–Trinajstić information content (AvgIpc) is 3.08. The lowest BCUT2D eigenvalue weighted by atomic mass is 9.94. The van der Waals surface area contributed by atoms with Gasteiger partial charge in [-0.25, -0.2) is 4.79 Å². The van der Waals surface area contributed by atoms with E-state index < -0.39 is 0 Å². The van der Waals surface area contributed by atoms with Crippen LogP contribution in [0.15, 0.2) is 48.6 Å². The highest BCUT2D eigenvalue weighted by molar-refractivity contribution is 5.67. The summed E-state index contributed by atoms with van der Waals surface area (Å²) in [7, 11) is 4.10. The third-order valence-electron chi connectivity index (χ3n) is 9.14. The van der Waals surface area contributed by atoms with Crippen molar-refractivity contribution in [2.24, 2.45) is 5.92 Å². The number of rotatable bonds is 36. The second-order valence-corrected chi connectivity index (χ2v) is 14.3. The van der Waals surface area contributed by atoms with Gasteiger partial charge in [-0.1, -0.05) is 152 Å². The molecule has 0 fully saturated rings. The van der Waals surface area contributed by atoms with Crippen LogP contribution in [0.5, 0.6) is 0 Å². The Morgan fingerprint density at radius 1 is 0.542 bits per heavy atom. The van der Waals surface area contributed by atoms with E-state index in [1.807, 2.05) is 14.1 Å². The summed E-state index contributed by atoms with van der Waals surface area (Å²) in [6.07, 6.45) is 52.7. The number of carbonyl (C=O) groups is 1. The summed E-state index contributed by atoms with van der Waals surface area (Å²) < 4.78 is 5.42. The lowest BCUT2D eigenvalue weighted by molar-refractivity contribution is 0.139. The molecule has 0 aromatic heterocycles. The van der Waals surface area contributed by atoms with Crippen molar-refractivity contribution in [3.8, 4) is 0 Å². The zero-order valence-corrected chi connectivity index (χ0v) is 32.7. The number of alkyl carbamates (subject to hydrolysis) is 1. The monoisotopic (exact) mass is 671 g/mol. The zero-order valence-electron chi connectivity index (χ0n) is 32.7. The molecule has 48 heavy (non-hydrogen) atoms. The van der Waals surface area contributed by atoms with Crippen molar-refractivity contribution >= 4 is 6.09 Å². The van der Waals surface area contributed by atoms with Crippen LogP contribution in [0.2, 0.25) is 0 Å². The molecule has 0 aliphatic rings. The lowest BCUT2D eigenvalue weighted by Crippen LogP contribution is -2.30. The molecule has 4 heteroatoms. The number of nitrogens with zero attached hydrogens (tertiary/aromatic N) is 1. The molecule has 4 nitrogen and oxygen atoms in total. The number of ether oxygens (including phenoxy) is 1. The van der Waals surface area contributed by atoms with Gasteiger partial charge in [0.05, 0.1) is 6.61 Å². The number of hydrogen-bond acceptors (Lipinski definition) is 3. The molecular formula is C44H82N2O2. The normalized spacial score (nSPS) is 12.3. The number of amides is 1. The van der Waals surface area contributed by atoms with Gasteiger partial charge in [-0.3, -0.25) is 0 Å². The molecule has 1 N–H and O–H groups in total. The fraction of sp³-hybridized carbons (Fsp3) is 0.795. The van der Waals surface area contributed by atoms with E-state index in [2.05, 4.69) is 72.7 Å². The molecule has 0 rings (SSSR count). The van der Waals surface area contributed by atoms with Gasteiger partial charge in [0.2, 0.25) is 0 Å². The van der Waals surface area contributed by atoms with Crippen molar-refractivity contribution < 1.29 is 9.53 Å². The van der Waals surface area contributed by atoms with Gasteiger partial charge >= 0.3 is 6.09 Å². The summed E-state index contributed by atoms with van der Waals surface area (Å²) in [6, 6.07) is 0. The molecule has 0 heterocycles. The van der Waals surface area contributed by atoms with Gasteiger partial charge < -0.3 is 15.0 Å². The summed E-state index contributed by atoms with van der Waals surface area (Å²) in [5.74, 6) is 0.566. The summed E-state index contributed by atoms with van der Waals surface area (Å²) in [4.78, 5) is 14.4. The standard InChI is InChI=1S/C44H82N2O2/c1-5-7-9-11-13-15-17-19-21-23-25-27-29-31-33-35-38-43(42-45-44(47)48-41-37-40-46(3)4)39-36-34-32-30-28-26-24-22-20-18-16-14-12-10-8-6-2/h13-16,19-22,43H,5-12,17-18,23-42H2,1-4H3,(H,45,47)/b15-13-,16-14-,21-19-,22-20-. The molecule has 0 aromatic carbocycles.